The fourth-order valence-electron chi connectivity index (χ4n) is 2.16. The smallest absolute Gasteiger partial charge is 0.282 e. The molecule has 0 saturated carbocycles. The molecule has 130 valence electrons. The minimum absolute atomic E-state index is 0.0935. The van der Waals surface area contributed by atoms with Crippen LogP contribution in [0, 0.1) is 6.92 Å². The lowest BCUT2D eigenvalue weighted by Gasteiger charge is -2.29. The van der Waals surface area contributed by atoms with E-state index in [2.05, 4.69) is 87.1 Å². The Balaban J connectivity index is 0.00000108. The van der Waals surface area contributed by atoms with Crippen molar-refractivity contribution < 1.29 is 9.39 Å². The summed E-state index contributed by atoms with van der Waals surface area (Å²) in [7, 11) is 4.53. The second kappa shape index (κ2) is 8.77. The molecule has 1 aromatic carbocycles. The molecule has 0 unspecified atom stereocenters. The Kier molecular flexibility index (Phi) is 8.41. The van der Waals surface area contributed by atoms with E-state index in [0.717, 1.165) is 5.75 Å². The van der Waals surface area contributed by atoms with E-state index in [-0.39, 0.29) is 16.9 Å². The monoisotopic (exact) mass is 318 g/mol. The summed E-state index contributed by atoms with van der Waals surface area (Å²) >= 11 is 0. The van der Waals surface area contributed by atoms with Gasteiger partial charge in [0.15, 0.2) is 0 Å². The van der Waals surface area contributed by atoms with Crippen LogP contribution in [0.3, 0.4) is 0 Å². The number of aryl methyl sites for hydroxylation is 1. The van der Waals surface area contributed by atoms with Gasteiger partial charge in [0.1, 0.15) is 5.75 Å². The molecule has 0 heterocycles. The van der Waals surface area contributed by atoms with Crippen LogP contribution in [0.4, 0.5) is 0 Å². The van der Waals surface area contributed by atoms with Crippen molar-refractivity contribution in [1.82, 2.24) is 0 Å². The van der Waals surface area contributed by atoms with Gasteiger partial charge in [-0.2, -0.15) is 0 Å². The van der Waals surface area contributed by atoms with Gasteiger partial charge in [-0.15, -0.1) is 0 Å². The largest absolute Gasteiger partial charge is 0.490 e. The molecule has 2 nitrogen and oxygen atoms in total. The first-order valence-electron chi connectivity index (χ1n) is 8.48. The first kappa shape index (κ1) is 22.0. The molecule has 0 aliphatic rings. The molecule has 0 atom stereocenters. The normalized spacial score (nSPS) is 12.0. The van der Waals surface area contributed by atoms with E-state index in [1.165, 1.54) is 16.7 Å². The molecule has 23 heavy (non-hydrogen) atoms. The molecule has 0 N–H and O–H groups in total. The molecule has 0 aromatic heterocycles. The standard InChI is InChI=1S/C18H30O.C2H5BO/c1-12(2)19-16-13(3)10-14(17(4,5)6)11-15(16)18(7,8)9;1-2-4-3/h10-12H,1-9H3;2H2,1H3. The molecule has 0 aliphatic heterocycles. The van der Waals surface area contributed by atoms with Gasteiger partial charge in [-0.3, -0.25) is 0 Å². The molecule has 0 aliphatic carbocycles. The summed E-state index contributed by atoms with van der Waals surface area (Å²) in [4.78, 5) is 0. The maximum Gasteiger partial charge on any atom is 0.282 e. The second-order valence-electron chi connectivity index (χ2n) is 8.29. The van der Waals surface area contributed by atoms with Gasteiger partial charge in [-0.25, -0.2) is 0 Å². The number of benzene rings is 1. The summed E-state index contributed by atoms with van der Waals surface area (Å²) < 4.78 is 10.1. The highest BCUT2D eigenvalue weighted by molar-refractivity contribution is 5.97. The fraction of sp³-hybridized carbons (Fsp3) is 0.700. The molecule has 1 rings (SSSR count). The molecule has 0 amide bonds. The summed E-state index contributed by atoms with van der Waals surface area (Å²) in [5.41, 5.74) is 4.19. The highest BCUT2D eigenvalue weighted by atomic mass is 16.5. The van der Waals surface area contributed by atoms with Crippen molar-refractivity contribution in [3.8, 4) is 5.75 Å². The third-order valence-corrected chi connectivity index (χ3v) is 3.47. The summed E-state index contributed by atoms with van der Waals surface area (Å²) in [6.07, 6.45) is 0.209. The van der Waals surface area contributed by atoms with Crippen molar-refractivity contribution in [3.05, 3.63) is 28.8 Å². The summed E-state index contributed by atoms with van der Waals surface area (Å²) in [6.45, 7) is 22.3. The minimum Gasteiger partial charge on any atom is -0.490 e. The Labute approximate surface area is 145 Å². The highest BCUT2D eigenvalue weighted by Gasteiger charge is 2.25. The molecule has 3 heteroatoms. The van der Waals surface area contributed by atoms with Crippen LogP contribution >= 0.6 is 0 Å². The van der Waals surface area contributed by atoms with Crippen LogP contribution in [0.2, 0.25) is 0 Å². The SMILES string of the molecule is Cc1cc(C(C)(C)C)cc(C(C)(C)C)c1OC(C)C.[B]OCC. The van der Waals surface area contributed by atoms with Crippen LogP contribution in [-0.2, 0) is 15.5 Å². The van der Waals surface area contributed by atoms with Crippen molar-refractivity contribution >= 4 is 8.05 Å². The second-order valence-corrected chi connectivity index (χ2v) is 8.29. The van der Waals surface area contributed by atoms with Gasteiger partial charge < -0.3 is 9.39 Å². The topological polar surface area (TPSA) is 18.5 Å². The van der Waals surface area contributed by atoms with Crippen molar-refractivity contribution in [1.29, 1.82) is 0 Å². The van der Waals surface area contributed by atoms with E-state index in [0.29, 0.717) is 6.61 Å². The molecule has 0 fully saturated rings. The number of hydrogen-bond donors (Lipinski definition) is 0. The Morgan fingerprint density at radius 3 is 1.78 bits per heavy atom. The lowest BCUT2D eigenvalue weighted by molar-refractivity contribution is 0.234. The average molecular weight is 318 g/mol. The first-order chi connectivity index (χ1) is 10.3. The molecule has 2 radical (unpaired) electrons. The minimum atomic E-state index is 0.0935. The lowest BCUT2D eigenvalue weighted by Crippen LogP contribution is -2.20. The van der Waals surface area contributed by atoms with Crippen LogP contribution in [0.15, 0.2) is 12.1 Å². The third kappa shape index (κ3) is 7.43. The molecule has 0 spiro atoms. The lowest BCUT2D eigenvalue weighted by atomic mass is 9.79. The summed E-state index contributed by atoms with van der Waals surface area (Å²) in [5.74, 6) is 1.07. The fourth-order valence-corrected chi connectivity index (χ4v) is 2.16. The zero-order valence-electron chi connectivity index (χ0n) is 16.8. The van der Waals surface area contributed by atoms with Crippen molar-refractivity contribution in [2.45, 2.75) is 86.2 Å². The quantitative estimate of drug-likeness (QED) is 0.687. The van der Waals surface area contributed by atoms with Gasteiger partial charge in [0.25, 0.3) is 8.05 Å². The predicted octanol–water partition coefficient (Wildman–Crippen LogP) is 5.48. The third-order valence-electron chi connectivity index (χ3n) is 3.47. The maximum atomic E-state index is 6.07. The zero-order chi connectivity index (χ0) is 18.4. The highest BCUT2D eigenvalue weighted by Crippen LogP contribution is 2.38. The van der Waals surface area contributed by atoms with Gasteiger partial charge in [-0.05, 0) is 49.7 Å². The van der Waals surface area contributed by atoms with Crippen molar-refractivity contribution in [3.63, 3.8) is 0 Å². The van der Waals surface area contributed by atoms with Gasteiger partial charge in [0, 0.05) is 12.2 Å². The van der Waals surface area contributed by atoms with E-state index >= 15 is 0 Å². The Bertz CT molecular complexity index is 478. The Morgan fingerprint density at radius 1 is 1.00 bits per heavy atom. The number of ether oxygens (including phenoxy) is 1. The van der Waals surface area contributed by atoms with Crippen LogP contribution < -0.4 is 4.74 Å². The molecule has 1 aromatic rings. The summed E-state index contributed by atoms with van der Waals surface area (Å²) in [6, 6.07) is 4.59. The number of rotatable bonds is 3. The van der Waals surface area contributed by atoms with E-state index in [1.54, 1.807) is 0 Å². The predicted molar refractivity (Wildman–Crippen MR) is 102 cm³/mol. The average Bonchev–Trinajstić information content (AvgIpc) is 2.38. The van der Waals surface area contributed by atoms with Gasteiger partial charge in [-0.1, -0.05) is 53.7 Å². The van der Waals surface area contributed by atoms with Crippen molar-refractivity contribution in [2.24, 2.45) is 0 Å². The van der Waals surface area contributed by atoms with Gasteiger partial charge >= 0.3 is 0 Å². The molecular weight excluding hydrogens is 283 g/mol. The van der Waals surface area contributed by atoms with E-state index in [9.17, 15) is 0 Å². The van der Waals surface area contributed by atoms with Crippen LogP contribution in [0.5, 0.6) is 5.75 Å². The van der Waals surface area contributed by atoms with E-state index < -0.39 is 0 Å². The maximum absolute atomic E-state index is 6.07. The van der Waals surface area contributed by atoms with E-state index in [4.69, 9.17) is 4.74 Å². The molecular formula is C20H35BO2. The van der Waals surface area contributed by atoms with E-state index in [1.807, 2.05) is 6.92 Å². The van der Waals surface area contributed by atoms with Crippen LogP contribution in [0.1, 0.15) is 79.0 Å². The first-order valence-corrected chi connectivity index (χ1v) is 8.48. The van der Waals surface area contributed by atoms with Crippen molar-refractivity contribution in [2.75, 3.05) is 6.61 Å². The number of hydrogen-bond acceptors (Lipinski definition) is 2. The molecule has 0 saturated heterocycles. The van der Waals surface area contributed by atoms with Crippen LogP contribution in [0.25, 0.3) is 0 Å². The zero-order valence-corrected chi connectivity index (χ0v) is 16.8. The molecule has 0 bridgehead atoms. The van der Waals surface area contributed by atoms with Gasteiger partial charge in [0.05, 0.1) is 6.10 Å². The Hall–Kier alpha value is -0.955. The Morgan fingerprint density at radius 2 is 1.48 bits per heavy atom. The van der Waals surface area contributed by atoms with Crippen LogP contribution in [-0.4, -0.2) is 20.8 Å². The summed E-state index contributed by atoms with van der Waals surface area (Å²) in [5, 5.41) is 0. The van der Waals surface area contributed by atoms with Gasteiger partial charge in [0.2, 0.25) is 0 Å².